The molecular formula is C30H60O8. The highest BCUT2D eigenvalue weighted by Gasteiger charge is 2.21. The van der Waals surface area contributed by atoms with Crippen LogP contribution >= 0.6 is 0 Å². The SMILES string of the molecule is CC.CC(=O)CC(CO)CO.CCC(=O)OC(C)(C)C.CCC(CO)CC(=O)OCCC(C)CCC1CC1. The molecule has 1 aliphatic carbocycles. The van der Waals surface area contributed by atoms with Crippen LogP contribution in [-0.4, -0.2) is 65.1 Å². The standard InChI is InChI=1S/C15H28O3.C7H14O2.C6H12O3.C2H6/c1-3-13(11-16)10-15(17)18-9-8-12(2)4-5-14-6-7-14;1-5-6(8)9-7(2,3)4;1-5(9)2-6(3-7)4-8;1-2/h12-14,16H,3-11H2,1-2H3;5H2,1-4H3;6-8H,2-4H2,1H3;1-2H3. The molecule has 228 valence electrons. The fraction of sp³-hybridized carbons (Fsp3) is 0.900. The largest absolute Gasteiger partial charge is 0.466 e. The van der Waals surface area contributed by atoms with Crippen molar-refractivity contribution in [3.05, 3.63) is 0 Å². The number of aliphatic hydroxyl groups is 3. The number of ether oxygens (including phenoxy) is 2. The molecule has 3 N–H and O–H groups in total. The summed E-state index contributed by atoms with van der Waals surface area (Å²) in [5.74, 6) is 1.14. The summed E-state index contributed by atoms with van der Waals surface area (Å²) in [4.78, 5) is 32.5. The van der Waals surface area contributed by atoms with Gasteiger partial charge in [-0.1, -0.05) is 66.7 Å². The summed E-state index contributed by atoms with van der Waals surface area (Å²) in [6.07, 6.45) is 8.31. The minimum atomic E-state index is -0.326. The van der Waals surface area contributed by atoms with Crippen LogP contribution in [0.15, 0.2) is 0 Å². The van der Waals surface area contributed by atoms with Crippen LogP contribution < -0.4 is 0 Å². The minimum absolute atomic E-state index is 0.00287. The second kappa shape index (κ2) is 25.8. The lowest BCUT2D eigenvalue weighted by Gasteiger charge is -2.18. The van der Waals surface area contributed by atoms with Crippen LogP contribution in [0.25, 0.3) is 0 Å². The van der Waals surface area contributed by atoms with Crippen LogP contribution in [0.5, 0.6) is 0 Å². The zero-order valence-electron chi connectivity index (χ0n) is 25.9. The van der Waals surface area contributed by atoms with Crippen molar-refractivity contribution in [2.24, 2.45) is 23.7 Å². The van der Waals surface area contributed by atoms with Crippen molar-refractivity contribution in [3.63, 3.8) is 0 Å². The maximum atomic E-state index is 11.5. The van der Waals surface area contributed by atoms with Gasteiger partial charge in [-0.3, -0.25) is 9.59 Å². The number of Topliss-reactive ketones (excluding diaryl/α,β-unsaturated/α-hetero) is 1. The van der Waals surface area contributed by atoms with Crippen molar-refractivity contribution < 1.29 is 39.2 Å². The minimum Gasteiger partial charge on any atom is -0.466 e. The second-order valence-corrected chi connectivity index (χ2v) is 10.9. The van der Waals surface area contributed by atoms with E-state index in [-0.39, 0.29) is 61.4 Å². The van der Waals surface area contributed by atoms with Gasteiger partial charge in [0.1, 0.15) is 11.4 Å². The van der Waals surface area contributed by atoms with E-state index in [1.165, 1.54) is 32.6 Å². The molecule has 0 amide bonds. The second-order valence-electron chi connectivity index (χ2n) is 10.9. The third-order valence-electron chi connectivity index (χ3n) is 5.73. The van der Waals surface area contributed by atoms with Gasteiger partial charge in [-0.2, -0.15) is 0 Å². The average Bonchev–Trinajstić information content (AvgIpc) is 3.70. The van der Waals surface area contributed by atoms with Gasteiger partial charge in [0.15, 0.2) is 0 Å². The monoisotopic (exact) mass is 548 g/mol. The van der Waals surface area contributed by atoms with E-state index in [4.69, 9.17) is 24.8 Å². The Morgan fingerprint density at radius 1 is 0.868 bits per heavy atom. The van der Waals surface area contributed by atoms with E-state index in [1.807, 2.05) is 41.5 Å². The Labute approximate surface area is 232 Å². The molecule has 0 bridgehead atoms. The first-order valence-electron chi connectivity index (χ1n) is 14.5. The Balaban J connectivity index is -0.000000518. The molecule has 8 heteroatoms. The number of carbonyl (C=O) groups excluding carboxylic acids is 3. The molecule has 0 spiro atoms. The molecule has 0 aliphatic heterocycles. The van der Waals surface area contributed by atoms with Crippen molar-refractivity contribution in [1.82, 2.24) is 0 Å². The van der Waals surface area contributed by atoms with E-state index in [0.717, 1.165) is 18.8 Å². The molecule has 2 unspecified atom stereocenters. The van der Waals surface area contributed by atoms with Crippen molar-refractivity contribution in [2.75, 3.05) is 26.4 Å². The van der Waals surface area contributed by atoms with Gasteiger partial charge in [0.25, 0.3) is 0 Å². The molecule has 0 aromatic heterocycles. The maximum Gasteiger partial charge on any atom is 0.306 e. The van der Waals surface area contributed by atoms with E-state index >= 15 is 0 Å². The Kier molecular flexibility index (Phi) is 27.8. The van der Waals surface area contributed by atoms with Crippen LogP contribution in [-0.2, 0) is 23.9 Å². The first-order valence-corrected chi connectivity index (χ1v) is 14.5. The van der Waals surface area contributed by atoms with Crippen molar-refractivity contribution in [2.45, 2.75) is 126 Å². The fourth-order valence-electron chi connectivity index (χ4n) is 3.08. The molecule has 1 fully saturated rings. The molecule has 1 aliphatic rings. The highest BCUT2D eigenvalue weighted by Crippen LogP contribution is 2.35. The van der Waals surface area contributed by atoms with Gasteiger partial charge < -0.3 is 29.6 Å². The molecule has 0 aromatic rings. The van der Waals surface area contributed by atoms with Gasteiger partial charge >= 0.3 is 11.9 Å². The molecular weight excluding hydrogens is 488 g/mol. The van der Waals surface area contributed by atoms with Gasteiger partial charge in [0, 0.05) is 38.6 Å². The molecule has 0 radical (unpaired) electrons. The van der Waals surface area contributed by atoms with Crippen molar-refractivity contribution in [1.29, 1.82) is 0 Å². The van der Waals surface area contributed by atoms with Crippen molar-refractivity contribution >= 4 is 17.7 Å². The molecule has 0 aromatic carbocycles. The molecule has 2 atom stereocenters. The summed E-state index contributed by atoms with van der Waals surface area (Å²) in [6, 6.07) is 0. The van der Waals surface area contributed by atoms with Gasteiger partial charge in [-0.25, -0.2) is 0 Å². The maximum absolute atomic E-state index is 11.5. The van der Waals surface area contributed by atoms with Crippen molar-refractivity contribution in [3.8, 4) is 0 Å². The highest BCUT2D eigenvalue weighted by molar-refractivity contribution is 5.75. The molecule has 38 heavy (non-hydrogen) atoms. The lowest BCUT2D eigenvalue weighted by Crippen LogP contribution is -2.23. The fourth-order valence-corrected chi connectivity index (χ4v) is 3.08. The third-order valence-corrected chi connectivity index (χ3v) is 5.73. The Morgan fingerprint density at radius 3 is 1.71 bits per heavy atom. The van der Waals surface area contributed by atoms with Gasteiger partial charge in [0.05, 0.1) is 13.0 Å². The van der Waals surface area contributed by atoms with E-state index in [1.54, 1.807) is 6.92 Å². The van der Waals surface area contributed by atoms with E-state index < -0.39 is 0 Å². The molecule has 1 saturated carbocycles. The van der Waals surface area contributed by atoms with Crippen LogP contribution in [0.4, 0.5) is 0 Å². The lowest BCUT2D eigenvalue weighted by atomic mass is 10.0. The topological polar surface area (TPSA) is 130 Å². The predicted octanol–water partition coefficient (Wildman–Crippen LogP) is 5.49. The summed E-state index contributed by atoms with van der Waals surface area (Å²) < 4.78 is 10.2. The molecule has 8 nitrogen and oxygen atoms in total. The Morgan fingerprint density at radius 2 is 1.39 bits per heavy atom. The summed E-state index contributed by atoms with van der Waals surface area (Å²) in [5.41, 5.74) is -0.326. The zero-order chi connectivity index (χ0) is 30.1. The number of ketones is 1. The Hall–Kier alpha value is -1.51. The average molecular weight is 549 g/mol. The summed E-state index contributed by atoms with van der Waals surface area (Å²) >= 11 is 0. The first-order chi connectivity index (χ1) is 17.8. The number of hydrogen-bond acceptors (Lipinski definition) is 8. The van der Waals surface area contributed by atoms with Gasteiger partial charge in [-0.05, 0) is 51.9 Å². The summed E-state index contributed by atoms with van der Waals surface area (Å²) in [6.45, 7) is 17.4. The third kappa shape index (κ3) is 30.7. The summed E-state index contributed by atoms with van der Waals surface area (Å²) in [7, 11) is 0. The molecule has 1 rings (SSSR count). The van der Waals surface area contributed by atoms with Gasteiger partial charge in [-0.15, -0.1) is 0 Å². The number of carbonyl (C=O) groups is 3. The predicted molar refractivity (Wildman–Crippen MR) is 153 cm³/mol. The van der Waals surface area contributed by atoms with Crippen LogP contribution in [0.1, 0.15) is 120 Å². The van der Waals surface area contributed by atoms with E-state index in [0.29, 0.717) is 25.4 Å². The number of aliphatic hydroxyl groups excluding tert-OH is 3. The smallest absolute Gasteiger partial charge is 0.306 e. The van der Waals surface area contributed by atoms with Crippen LogP contribution in [0.3, 0.4) is 0 Å². The quantitative estimate of drug-likeness (QED) is 0.229. The Bertz CT molecular complexity index is 573. The zero-order valence-corrected chi connectivity index (χ0v) is 25.9. The molecule has 0 saturated heterocycles. The van der Waals surface area contributed by atoms with Crippen LogP contribution in [0, 0.1) is 23.7 Å². The van der Waals surface area contributed by atoms with E-state index in [9.17, 15) is 14.4 Å². The lowest BCUT2D eigenvalue weighted by molar-refractivity contribution is -0.154. The highest BCUT2D eigenvalue weighted by atomic mass is 16.6. The number of rotatable bonds is 15. The van der Waals surface area contributed by atoms with Crippen LogP contribution in [0.2, 0.25) is 0 Å². The number of hydrogen-bond donors (Lipinski definition) is 3. The first kappa shape index (κ1) is 41.0. The molecule has 0 heterocycles. The normalized spacial score (nSPS) is 13.9. The van der Waals surface area contributed by atoms with Gasteiger partial charge in [0.2, 0.25) is 0 Å². The number of esters is 2. The summed E-state index contributed by atoms with van der Waals surface area (Å²) in [5, 5.41) is 25.9. The van der Waals surface area contributed by atoms with E-state index in [2.05, 4.69) is 6.92 Å².